The largest absolute Gasteiger partial charge is 0.481 e. The third kappa shape index (κ3) is 3.79. The third-order valence-electron chi connectivity index (χ3n) is 4.14. The zero-order valence-corrected chi connectivity index (χ0v) is 15.4. The summed E-state index contributed by atoms with van der Waals surface area (Å²) in [5, 5.41) is 17.7. The highest BCUT2D eigenvalue weighted by Gasteiger charge is 2.15. The molecule has 1 aromatic carbocycles. The number of carbonyl (C=O) groups is 1. The second kappa shape index (κ2) is 6.71. The van der Waals surface area contributed by atoms with Gasteiger partial charge in [-0.1, -0.05) is 32.9 Å². The van der Waals surface area contributed by atoms with Gasteiger partial charge in [0.25, 0.3) is 0 Å². The van der Waals surface area contributed by atoms with Crippen molar-refractivity contribution in [3.8, 4) is 0 Å². The van der Waals surface area contributed by atoms with Gasteiger partial charge in [-0.2, -0.15) is 0 Å². The van der Waals surface area contributed by atoms with Gasteiger partial charge in [-0.25, -0.2) is 4.98 Å². The molecule has 0 bridgehead atoms. The maximum atomic E-state index is 11.1. The molecule has 2 heterocycles. The van der Waals surface area contributed by atoms with Gasteiger partial charge in [0.05, 0.1) is 17.8 Å². The molecule has 0 saturated heterocycles. The molecular weight excluding hydrogens is 328 g/mol. The highest BCUT2D eigenvalue weighted by molar-refractivity contribution is 5.72. The molecule has 0 fully saturated rings. The number of nitrogens with zero attached hydrogens (tertiary/aromatic N) is 4. The van der Waals surface area contributed by atoms with E-state index < -0.39 is 5.97 Å². The number of hydrogen-bond acceptors (Lipinski definition) is 4. The number of carboxylic acids is 1. The summed E-state index contributed by atoms with van der Waals surface area (Å²) in [7, 11) is 0. The third-order valence-corrected chi connectivity index (χ3v) is 4.14. The summed E-state index contributed by atoms with van der Waals surface area (Å²) in [6, 6.07) is 11.7. The van der Waals surface area contributed by atoms with E-state index in [9.17, 15) is 4.79 Å². The van der Waals surface area contributed by atoms with E-state index in [0.717, 1.165) is 5.56 Å². The van der Waals surface area contributed by atoms with Crippen molar-refractivity contribution in [3.05, 3.63) is 59.4 Å². The second-order valence-electron chi connectivity index (χ2n) is 7.38. The first-order chi connectivity index (χ1) is 12.2. The van der Waals surface area contributed by atoms with E-state index in [1.807, 2.05) is 49.5 Å². The minimum absolute atomic E-state index is 0.0733. The van der Waals surface area contributed by atoms with Crippen LogP contribution in [-0.4, -0.2) is 20.5 Å². The quantitative estimate of drug-likeness (QED) is 0.674. The summed E-state index contributed by atoms with van der Waals surface area (Å²) in [5.41, 5.74) is 4.11. The molecule has 0 aliphatic rings. The minimum Gasteiger partial charge on any atom is -0.481 e. The molecule has 3 aromatic rings. The van der Waals surface area contributed by atoms with Crippen LogP contribution in [0.3, 0.4) is 0 Å². The van der Waals surface area contributed by atoms with Crippen molar-refractivity contribution in [1.82, 2.24) is 9.38 Å². The normalized spacial score (nSPS) is 12.2. The number of imidazole rings is 1. The van der Waals surface area contributed by atoms with Crippen molar-refractivity contribution in [2.75, 3.05) is 0 Å². The van der Waals surface area contributed by atoms with Crippen molar-refractivity contribution < 1.29 is 9.90 Å². The summed E-state index contributed by atoms with van der Waals surface area (Å²) in [6.45, 7) is 8.43. The molecule has 0 unspecified atom stereocenters. The fourth-order valence-corrected chi connectivity index (χ4v) is 2.68. The average Bonchev–Trinajstić information content (AvgIpc) is 2.87. The predicted octanol–water partition coefficient (Wildman–Crippen LogP) is 4.98. The van der Waals surface area contributed by atoms with Crippen LogP contribution in [0.4, 0.5) is 11.5 Å². The van der Waals surface area contributed by atoms with Gasteiger partial charge in [-0.05, 0) is 47.7 Å². The maximum absolute atomic E-state index is 11.1. The van der Waals surface area contributed by atoms with Crippen LogP contribution in [0.25, 0.3) is 5.65 Å². The molecule has 0 radical (unpaired) electrons. The number of aromatic nitrogens is 2. The Morgan fingerprint density at radius 1 is 1.15 bits per heavy atom. The van der Waals surface area contributed by atoms with Gasteiger partial charge in [0.2, 0.25) is 0 Å². The molecule has 0 atom stereocenters. The van der Waals surface area contributed by atoms with Crippen molar-refractivity contribution in [1.29, 1.82) is 0 Å². The predicted molar refractivity (Wildman–Crippen MR) is 101 cm³/mol. The number of rotatable bonds is 4. The molecule has 134 valence electrons. The molecule has 3 rings (SSSR count). The summed E-state index contributed by atoms with van der Waals surface area (Å²) >= 11 is 0. The molecule has 6 heteroatoms. The van der Waals surface area contributed by atoms with Gasteiger partial charge in [-0.3, -0.25) is 9.20 Å². The van der Waals surface area contributed by atoms with E-state index >= 15 is 0 Å². The van der Waals surface area contributed by atoms with Crippen LogP contribution in [0, 0.1) is 6.92 Å². The lowest BCUT2D eigenvalue weighted by Crippen LogP contribution is -2.10. The Morgan fingerprint density at radius 3 is 2.46 bits per heavy atom. The zero-order valence-electron chi connectivity index (χ0n) is 15.4. The van der Waals surface area contributed by atoms with Gasteiger partial charge in [0.1, 0.15) is 5.65 Å². The summed E-state index contributed by atoms with van der Waals surface area (Å²) < 4.78 is 1.76. The smallest absolute Gasteiger partial charge is 0.309 e. The van der Waals surface area contributed by atoms with Crippen LogP contribution in [0.5, 0.6) is 0 Å². The Morgan fingerprint density at radius 2 is 1.85 bits per heavy atom. The molecule has 0 aliphatic heterocycles. The van der Waals surface area contributed by atoms with E-state index in [2.05, 4.69) is 36.0 Å². The van der Waals surface area contributed by atoms with Crippen LogP contribution in [0.1, 0.15) is 37.6 Å². The molecule has 1 N–H and O–H groups in total. The second-order valence-corrected chi connectivity index (χ2v) is 7.38. The number of aliphatic carboxylic acids is 1. The Hall–Kier alpha value is -3.02. The summed E-state index contributed by atoms with van der Waals surface area (Å²) in [4.78, 5) is 15.5. The fourth-order valence-electron chi connectivity index (χ4n) is 2.68. The number of pyridine rings is 1. The van der Waals surface area contributed by atoms with Gasteiger partial charge in [-0.15, -0.1) is 10.2 Å². The maximum Gasteiger partial charge on any atom is 0.309 e. The highest BCUT2D eigenvalue weighted by Crippen LogP contribution is 2.27. The number of azo groups is 1. The molecular formula is C20H22N4O2. The van der Waals surface area contributed by atoms with E-state index in [0.29, 0.717) is 22.8 Å². The van der Waals surface area contributed by atoms with Crippen LogP contribution in [0.15, 0.2) is 52.8 Å². The molecule has 0 spiro atoms. The monoisotopic (exact) mass is 350 g/mol. The topological polar surface area (TPSA) is 79.3 Å². The minimum atomic E-state index is -0.948. The first kappa shape index (κ1) is 17.8. The van der Waals surface area contributed by atoms with Crippen LogP contribution >= 0.6 is 0 Å². The fraction of sp³-hybridized carbons (Fsp3) is 0.300. The van der Waals surface area contributed by atoms with E-state index in [-0.39, 0.29) is 11.8 Å². The lowest BCUT2D eigenvalue weighted by atomic mass is 9.87. The van der Waals surface area contributed by atoms with Crippen molar-refractivity contribution in [2.45, 2.75) is 39.5 Å². The molecule has 6 nitrogen and oxygen atoms in total. The average molecular weight is 350 g/mol. The Kier molecular flexibility index (Phi) is 4.59. The Balaban J connectivity index is 1.98. The van der Waals surface area contributed by atoms with E-state index in [4.69, 9.17) is 5.11 Å². The summed E-state index contributed by atoms with van der Waals surface area (Å²) in [6.07, 6.45) is 1.64. The lowest BCUT2D eigenvalue weighted by molar-refractivity contribution is -0.136. The highest BCUT2D eigenvalue weighted by atomic mass is 16.4. The number of aryl methyl sites for hydroxylation is 1. The number of fused-ring (bicyclic) bond motifs is 1. The van der Waals surface area contributed by atoms with Gasteiger partial charge in [0, 0.05) is 6.20 Å². The first-order valence-electron chi connectivity index (χ1n) is 8.46. The SMILES string of the molecule is Cc1ccn2c(N=Nc3ccc(C(C)(C)C)cc3)c(CC(=O)O)nc2c1. The van der Waals surface area contributed by atoms with E-state index in [1.54, 1.807) is 4.40 Å². The number of hydrogen-bond donors (Lipinski definition) is 1. The van der Waals surface area contributed by atoms with E-state index in [1.165, 1.54) is 5.56 Å². The Bertz CT molecular complexity index is 979. The first-order valence-corrected chi connectivity index (χ1v) is 8.46. The van der Waals surface area contributed by atoms with Crippen molar-refractivity contribution >= 4 is 23.1 Å². The van der Waals surface area contributed by atoms with Crippen molar-refractivity contribution in [2.24, 2.45) is 10.2 Å². The summed E-state index contributed by atoms with van der Waals surface area (Å²) in [5.74, 6) is -0.501. The molecule has 2 aromatic heterocycles. The lowest BCUT2D eigenvalue weighted by Gasteiger charge is -2.18. The van der Waals surface area contributed by atoms with Crippen LogP contribution in [0.2, 0.25) is 0 Å². The Labute approximate surface area is 152 Å². The van der Waals surface area contributed by atoms with Gasteiger partial charge < -0.3 is 5.11 Å². The van der Waals surface area contributed by atoms with Gasteiger partial charge in [0.15, 0.2) is 5.82 Å². The number of benzene rings is 1. The van der Waals surface area contributed by atoms with Crippen LogP contribution < -0.4 is 0 Å². The molecule has 0 aliphatic carbocycles. The molecule has 26 heavy (non-hydrogen) atoms. The molecule has 0 amide bonds. The zero-order chi connectivity index (χ0) is 18.9. The number of carboxylic acid groups (broad SMARTS) is 1. The van der Waals surface area contributed by atoms with Gasteiger partial charge >= 0.3 is 5.97 Å². The standard InChI is InChI=1S/C20H22N4O2/c1-13-9-10-24-17(11-13)21-16(12-18(25)26)19(24)23-22-15-7-5-14(6-8-15)20(2,3)4/h5-11H,12H2,1-4H3,(H,25,26). The molecule has 0 saturated carbocycles. The van der Waals surface area contributed by atoms with Crippen molar-refractivity contribution in [3.63, 3.8) is 0 Å². The van der Waals surface area contributed by atoms with Crippen LogP contribution in [-0.2, 0) is 16.6 Å².